The maximum Gasteiger partial charge on any atom is 0.253 e. The van der Waals surface area contributed by atoms with Crippen LogP contribution in [0.4, 0.5) is 0 Å². The Balaban J connectivity index is 2.28. The number of hydrogen-bond donors (Lipinski definition) is 3. The highest BCUT2D eigenvalue weighted by molar-refractivity contribution is 8.08. The van der Waals surface area contributed by atoms with Gasteiger partial charge in [0.1, 0.15) is 5.03 Å². The number of hydrogen-bond acceptors (Lipinski definition) is 6. The SMILES string of the molecule is C=C(/C=C(/SC1CC1)n1ncc(/C=C(\CC)C(=O)NC(C)=O)c1C)NCC(C)O. The summed E-state index contributed by atoms with van der Waals surface area (Å²) < 4.78 is 1.85. The Labute approximate surface area is 176 Å². The van der Waals surface area contributed by atoms with E-state index in [1.165, 1.54) is 19.8 Å². The molecule has 0 aliphatic heterocycles. The molecule has 0 bridgehead atoms. The Kier molecular flexibility index (Phi) is 8.28. The molecular formula is C21H30N4O3S. The highest BCUT2D eigenvalue weighted by Crippen LogP contribution is 2.41. The molecule has 2 amide bonds. The molecule has 0 aromatic carbocycles. The standard InChI is InChI=1S/C21H30N4O3S/c1-6-17(21(28)24-16(5)27)10-18-12-23-25(15(18)4)20(29-19-7-8-19)9-13(2)22-11-14(3)26/h9-10,12,14,19,22,26H,2,6-8,11H2,1,3-5H3,(H,24,27,28)/b17-10+,20-9+. The van der Waals surface area contributed by atoms with E-state index in [4.69, 9.17) is 0 Å². The van der Waals surface area contributed by atoms with Crippen molar-refractivity contribution < 1.29 is 14.7 Å². The van der Waals surface area contributed by atoms with Crippen molar-refractivity contribution >= 4 is 34.7 Å². The fourth-order valence-electron chi connectivity index (χ4n) is 2.52. The number of thioether (sulfide) groups is 1. The number of aliphatic hydroxyl groups is 1. The van der Waals surface area contributed by atoms with Crippen molar-refractivity contribution in [2.45, 2.75) is 58.3 Å². The first-order chi connectivity index (χ1) is 13.7. The summed E-state index contributed by atoms with van der Waals surface area (Å²) in [5, 5.41) is 20.9. The van der Waals surface area contributed by atoms with Crippen LogP contribution in [-0.2, 0) is 9.59 Å². The van der Waals surface area contributed by atoms with Gasteiger partial charge in [0.25, 0.3) is 5.91 Å². The van der Waals surface area contributed by atoms with Gasteiger partial charge in [-0.05, 0) is 45.3 Å². The third-order valence-electron chi connectivity index (χ3n) is 4.28. The topological polar surface area (TPSA) is 96.2 Å². The molecule has 1 aliphatic rings. The molecule has 1 aromatic heterocycles. The second-order valence-corrected chi connectivity index (χ2v) is 8.51. The fraction of sp³-hybridized carbons (Fsp3) is 0.476. The van der Waals surface area contributed by atoms with E-state index in [9.17, 15) is 14.7 Å². The van der Waals surface area contributed by atoms with Crippen molar-refractivity contribution in [1.82, 2.24) is 20.4 Å². The van der Waals surface area contributed by atoms with Crippen molar-refractivity contribution in [3.05, 3.63) is 41.4 Å². The third kappa shape index (κ3) is 7.21. The van der Waals surface area contributed by atoms with Crippen molar-refractivity contribution in [1.29, 1.82) is 0 Å². The number of amides is 2. The Morgan fingerprint density at radius 1 is 1.48 bits per heavy atom. The predicted molar refractivity (Wildman–Crippen MR) is 118 cm³/mol. The fourth-order valence-corrected chi connectivity index (χ4v) is 3.73. The van der Waals surface area contributed by atoms with E-state index in [1.54, 1.807) is 31.0 Å². The lowest BCUT2D eigenvalue weighted by molar-refractivity contribution is -0.127. The van der Waals surface area contributed by atoms with E-state index in [0.717, 1.165) is 16.3 Å². The van der Waals surface area contributed by atoms with Gasteiger partial charge in [0, 0.05) is 41.2 Å². The van der Waals surface area contributed by atoms with Gasteiger partial charge in [0.15, 0.2) is 0 Å². The van der Waals surface area contributed by atoms with Gasteiger partial charge in [-0.2, -0.15) is 5.10 Å². The maximum absolute atomic E-state index is 12.2. The summed E-state index contributed by atoms with van der Waals surface area (Å²) >= 11 is 1.75. The Bertz CT molecular complexity index is 835. The van der Waals surface area contributed by atoms with Crippen molar-refractivity contribution in [2.24, 2.45) is 0 Å². The van der Waals surface area contributed by atoms with Gasteiger partial charge < -0.3 is 10.4 Å². The smallest absolute Gasteiger partial charge is 0.253 e. The highest BCUT2D eigenvalue weighted by Gasteiger charge is 2.25. The Morgan fingerprint density at radius 3 is 2.72 bits per heavy atom. The molecule has 8 heteroatoms. The van der Waals surface area contributed by atoms with Crippen LogP contribution in [0.1, 0.15) is 51.3 Å². The van der Waals surface area contributed by atoms with Gasteiger partial charge in [-0.15, -0.1) is 11.8 Å². The minimum absolute atomic E-state index is 0.379. The molecule has 1 heterocycles. The van der Waals surface area contributed by atoms with Gasteiger partial charge in [0.2, 0.25) is 5.91 Å². The minimum Gasteiger partial charge on any atom is -0.392 e. The quantitative estimate of drug-likeness (QED) is 0.399. The Hall–Kier alpha value is -2.32. The maximum atomic E-state index is 12.2. The zero-order valence-corrected chi connectivity index (χ0v) is 18.3. The molecule has 2 rings (SSSR count). The number of nitrogens with one attached hydrogen (secondary N) is 2. The molecule has 7 nitrogen and oxygen atoms in total. The molecule has 29 heavy (non-hydrogen) atoms. The first kappa shape index (κ1) is 23.0. The van der Waals surface area contributed by atoms with Crippen LogP contribution in [0.15, 0.2) is 30.1 Å². The minimum atomic E-state index is -0.462. The van der Waals surface area contributed by atoms with Gasteiger partial charge in [-0.3, -0.25) is 14.9 Å². The average Bonchev–Trinajstić information content (AvgIpc) is 3.38. The summed E-state index contributed by atoms with van der Waals surface area (Å²) in [6, 6.07) is 0. The van der Waals surface area contributed by atoms with Crippen LogP contribution in [0.2, 0.25) is 0 Å². The van der Waals surface area contributed by atoms with E-state index >= 15 is 0 Å². The number of carbonyl (C=O) groups is 2. The van der Waals surface area contributed by atoms with Gasteiger partial charge in [-0.1, -0.05) is 13.5 Å². The molecule has 1 saturated carbocycles. The summed E-state index contributed by atoms with van der Waals surface area (Å²) in [5.41, 5.74) is 2.95. The lowest BCUT2D eigenvalue weighted by Gasteiger charge is -2.13. The Morgan fingerprint density at radius 2 is 2.17 bits per heavy atom. The third-order valence-corrected chi connectivity index (χ3v) is 5.62. The van der Waals surface area contributed by atoms with Crippen LogP contribution in [0.3, 0.4) is 0 Å². The monoisotopic (exact) mass is 418 g/mol. The van der Waals surface area contributed by atoms with E-state index < -0.39 is 6.10 Å². The number of allylic oxidation sites excluding steroid dienone is 1. The first-order valence-corrected chi connectivity index (χ1v) is 10.7. The van der Waals surface area contributed by atoms with Gasteiger partial charge in [0.05, 0.1) is 12.3 Å². The second kappa shape index (κ2) is 10.5. The number of aliphatic hydroxyl groups excluding tert-OH is 1. The summed E-state index contributed by atoms with van der Waals surface area (Å²) in [6.07, 6.45) is 7.82. The van der Waals surface area contributed by atoms with Crippen LogP contribution in [0.25, 0.3) is 11.1 Å². The van der Waals surface area contributed by atoms with Crippen LogP contribution >= 0.6 is 11.8 Å². The first-order valence-electron chi connectivity index (χ1n) is 9.77. The molecule has 1 fully saturated rings. The molecule has 1 aliphatic carbocycles. The van der Waals surface area contributed by atoms with Crippen LogP contribution in [0.5, 0.6) is 0 Å². The predicted octanol–water partition coefficient (Wildman–Crippen LogP) is 2.83. The molecule has 158 valence electrons. The number of nitrogens with zero attached hydrogens (tertiary/aromatic N) is 2. The van der Waals surface area contributed by atoms with Crippen LogP contribution in [0, 0.1) is 6.92 Å². The number of rotatable bonds is 10. The van der Waals surface area contributed by atoms with Crippen molar-refractivity contribution in [3.8, 4) is 0 Å². The highest BCUT2D eigenvalue weighted by atomic mass is 32.2. The van der Waals surface area contributed by atoms with Crippen LogP contribution in [-0.4, -0.2) is 44.6 Å². The molecule has 3 N–H and O–H groups in total. The summed E-state index contributed by atoms with van der Waals surface area (Å²) in [7, 11) is 0. The summed E-state index contributed by atoms with van der Waals surface area (Å²) in [5.74, 6) is -0.762. The number of imide groups is 1. The molecule has 1 aromatic rings. The van der Waals surface area contributed by atoms with E-state index in [-0.39, 0.29) is 11.8 Å². The molecular weight excluding hydrogens is 388 g/mol. The van der Waals surface area contributed by atoms with E-state index in [0.29, 0.717) is 29.5 Å². The summed E-state index contributed by atoms with van der Waals surface area (Å²) in [4.78, 5) is 23.4. The number of carbonyl (C=O) groups excluding carboxylic acids is 2. The zero-order chi connectivity index (χ0) is 21.6. The second-order valence-electron chi connectivity index (χ2n) is 7.19. The number of aromatic nitrogens is 2. The van der Waals surface area contributed by atoms with Crippen molar-refractivity contribution in [3.63, 3.8) is 0 Å². The molecule has 1 atom stereocenters. The average molecular weight is 419 g/mol. The van der Waals surface area contributed by atoms with E-state index in [1.807, 2.05) is 24.6 Å². The lowest BCUT2D eigenvalue weighted by atomic mass is 10.1. The molecule has 0 radical (unpaired) electrons. The zero-order valence-electron chi connectivity index (χ0n) is 17.5. The van der Waals surface area contributed by atoms with Crippen molar-refractivity contribution in [2.75, 3.05) is 6.54 Å². The van der Waals surface area contributed by atoms with E-state index in [2.05, 4.69) is 22.3 Å². The largest absolute Gasteiger partial charge is 0.392 e. The van der Waals surface area contributed by atoms with Gasteiger partial charge in [-0.25, -0.2) is 4.68 Å². The molecule has 0 saturated heterocycles. The summed E-state index contributed by atoms with van der Waals surface area (Å²) in [6.45, 7) is 11.3. The molecule has 0 spiro atoms. The van der Waals surface area contributed by atoms with Crippen LogP contribution < -0.4 is 10.6 Å². The van der Waals surface area contributed by atoms with Gasteiger partial charge >= 0.3 is 0 Å². The molecule has 1 unspecified atom stereocenters. The lowest BCUT2D eigenvalue weighted by Crippen LogP contribution is -2.29. The normalized spacial score (nSPS) is 15.8.